The Bertz CT molecular complexity index is 2540. The van der Waals surface area contributed by atoms with Crippen LogP contribution in [0.15, 0.2) is 152 Å². The van der Waals surface area contributed by atoms with Gasteiger partial charge in [0.15, 0.2) is 0 Å². The van der Waals surface area contributed by atoms with Gasteiger partial charge in [-0.3, -0.25) is 0 Å². The number of aromatic nitrogens is 4. The van der Waals surface area contributed by atoms with E-state index in [0.717, 1.165) is 83.9 Å². The molecule has 0 radical (unpaired) electrons. The van der Waals surface area contributed by atoms with Crippen molar-refractivity contribution >= 4 is 56.5 Å². The fraction of sp³-hybridized carbons (Fsp3) is 0. The fourth-order valence-corrected chi connectivity index (χ4v) is 6.81. The van der Waals surface area contributed by atoms with Gasteiger partial charge in [0.2, 0.25) is 0 Å². The molecule has 9 rings (SSSR count). The van der Waals surface area contributed by atoms with Crippen LogP contribution in [0.5, 0.6) is 0 Å². The van der Waals surface area contributed by atoms with E-state index in [2.05, 4.69) is 211 Å². The van der Waals surface area contributed by atoms with Gasteiger partial charge in [0, 0.05) is 33.4 Å². The number of rotatable bonds is 4. The van der Waals surface area contributed by atoms with E-state index < -0.39 is 0 Å². The topological polar surface area (TPSA) is 46.5 Å². The van der Waals surface area contributed by atoms with E-state index in [-0.39, 0.29) is 0 Å². The Labute approximate surface area is 303 Å². The molecule has 0 spiro atoms. The summed E-state index contributed by atoms with van der Waals surface area (Å²) in [6.45, 7) is 0. The van der Waals surface area contributed by atoms with Crippen molar-refractivity contribution in [1.82, 2.24) is 19.5 Å². The first-order valence-corrected chi connectivity index (χ1v) is 17.8. The number of hydrogen-bond acceptors (Lipinski definition) is 2. The molecular weight excluding hydrogens is 676 g/mol. The van der Waals surface area contributed by atoms with E-state index in [1.807, 2.05) is 0 Å². The molecule has 0 aliphatic carbocycles. The first-order valence-electron chi connectivity index (χ1n) is 16.3. The molecule has 0 amide bonds. The van der Waals surface area contributed by atoms with Gasteiger partial charge < -0.3 is 9.55 Å². The van der Waals surface area contributed by atoms with Crippen LogP contribution in [0, 0.1) is 0 Å². The summed E-state index contributed by atoms with van der Waals surface area (Å²) in [4.78, 5) is 13.9. The molecule has 8 bridgehead atoms. The molecule has 5 heterocycles. The predicted molar refractivity (Wildman–Crippen MR) is 206 cm³/mol. The van der Waals surface area contributed by atoms with Gasteiger partial charge >= 0.3 is 25.2 Å². The van der Waals surface area contributed by atoms with Crippen molar-refractivity contribution in [2.45, 2.75) is 0 Å². The molecule has 3 aromatic heterocycles. The summed E-state index contributed by atoms with van der Waals surface area (Å²) in [6, 6.07) is 53.3. The average molecular weight is 706 g/mol. The molecular formula is C44H30ClFeN4. The average Bonchev–Trinajstić information content (AvgIpc) is 3.99. The van der Waals surface area contributed by atoms with Crippen LogP contribution in [0.1, 0.15) is 22.8 Å². The van der Waals surface area contributed by atoms with Gasteiger partial charge in [0.1, 0.15) is 0 Å². The molecule has 4 aromatic carbocycles. The normalized spacial score (nSPS) is 11.6. The minimum absolute atomic E-state index is 0.889. The number of benzene rings is 4. The van der Waals surface area contributed by atoms with Crippen molar-refractivity contribution in [3.05, 3.63) is 174 Å². The number of hydrogen-bond donors (Lipinski definition) is 1. The second-order valence-electron chi connectivity index (χ2n) is 12.0. The summed E-state index contributed by atoms with van der Waals surface area (Å²) < 4.78 is 2.41. The first-order chi connectivity index (χ1) is 24.8. The van der Waals surface area contributed by atoms with Crippen molar-refractivity contribution in [2.75, 3.05) is 0 Å². The molecule has 241 valence electrons. The van der Waals surface area contributed by atoms with Crippen molar-refractivity contribution in [2.24, 2.45) is 0 Å². The van der Waals surface area contributed by atoms with E-state index in [4.69, 9.17) is 9.97 Å². The van der Waals surface area contributed by atoms with E-state index >= 15 is 0 Å². The maximum absolute atomic E-state index is 5.29. The van der Waals surface area contributed by atoms with Gasteiger partial charge in [-0.15, -0.1) is 0 Å². The van der Waals surface area contributed by atoms with Crippen LogP contribution in [0.25, 0.3) is 85.4 Å². The molecule has 2 aliphatic rings. The summed E-state index contributed by atoms with van der Waals surface area (Å²) in [6.07, 6.45) is 8.44. The van der Waals surface area contributed by atoms with Crippen LogP contribution in [-0.4, -0.2) is 19.5 Å². The molecule has 0 saturated carbocycles. The van der Waals surface area contributed by atoms with Crippen LogP contribution in [0.2, 0.25) is 0 Å². The summed E-state index contributed by atoms with van der Waals surface area (Å²) in [5.74, 6) is 0. The van der Waals surface area contributed by atoms with E-state index in [1.54, 1.807) is 0 Å². The molecule has 0 unspecified atom stereocenters. The van der Waals surface area contributed by atoms with Crippen LogP contribution in [0.4, 0.5) is 0 Å². The monoisotopic (exact) mass is 705 g/mol. The second-order valence-corrected chi connectivity index (χ2v) is 12.0. The Balaban J connectivity index is 0.00000177. The van der Waals surface area contributed by atoms with E-state index in [1.165, 1.54) is 0 Å². The number of fused-ring (bicyclic) bond motifs is 8. The Hall–Kier alpha value is -5.71. The SMILES string of the molecule is C1=Cc2cc3c(-c4ccccc4)c(-c4ccccc4)c(c(-c4ccccc4)c4nc(cc5ccc(cc1n2)[nH]5)C=C4)n3-c1ccccc1.[Cl][Fe]. The number of H-pyrrole nitrogens is 1. The van der Waals surface area contributed by atoms with Crippen molar-refractivity contribution in [3.63, 3.8) is 0 Å². The molecule has 7 aromatic rings. The number of aromatic amines is 1. The summed E-state index contributed by atoms with van der Waals surface area (Å²) in [5, 5.41) is 0. The fourth-order valence-electron chi connectivity index (χ4n) is 6.81. The van der Waals surface area contributed by atoms with E-state index in [0.29, 0.717) is 0 Å². The van der Waals surface area contributed by atoms with Crippen molar-refractivity contribution in [1.29, 1.82) is 0 Å². The molecule has 50 heavy (non-hydrogen) atoms. The first kappa shape index (κ1) is 31.6. The second kappa shape index (κ2) is 14.0. The van der Waals surface area contributed by atoms with Gasteiger partial charge in [-0.05, 0) is 83.5 Å². The Morgan fingerprint density at radius 2 is 0.920 bits per heavy atom. The quantitative estimate of drug-likeness (QED) is 0.185. The Morgan fingerprint density at radius 1 is 0.460 bits per heavy atom. The Kier molecular flexibility index (Phi) is 8.85. The van der Waals surface area contributed by atoms with Crippen LogP contribution in [0.3, 0.4) is 0 Å². The zero-order chi connectivity index (χ0) is 33.9. The molecule has 0 atom stereocenters. The number of halogens is 1. The molecule has 1 N–H and O–H groups in total. The van der Waals surface area contributed by atoms with Crippen molar-refractivity contribution < 1.29 is 15.1 Å². The molecule has 4 nitrogen and oxygen atoms in total. The number of para-hydroxylation sites is 1. The van der Waals surface area contributed by atoms with Crippen molar-refractivity contribution in [3.8, 4) is 39.1 Å². The van der Waals surface area contributed by atoms with Crippen LogP contribution >= 0.6 is 10.1 Å². The maximum atomic E-state index is 5.29. The minimum atomic E-state index is 0.889. The third-order valence-electron chi connectivity index (χ3n) is 8.87. The number of nitrogens with zero attached hydrogens (tertiary/aromatic N) is 3. The predicted octanol–water partition coefficient (Wildman–Crippen LogP) is 11.8. The Morgan fingerprint density at radius 3 is 1.50 bits per heavy atom. The zero-order valence-corrected chi connectivity index (χ0v) is 28.7. The van der Waals surface area contributed by atoms with Gasteiger partial charge in [-0.25, -0.2) is 9.97 Å². The summed E-state index contributed by atoms with van der Waals surface area (Å²) >= 11 is 2.72. The summed E-state index contributed by atoms with van der Waals surface area (Å²) in [5.41, 5.74) is 15.4. The standard InChI is InChI=1S/C44H30N4.ClH.Fe/c1-5-13-30(14-6-1)41-39-26-25-36(47-39)28-35-22-21-33(45-35)27-34-23-24-37(46-34)29-40-42(31-15-7-2-8-16-31)43(32-17-9-3-10-18-32)44(41)48(40)38-19-11-4-12-20-38;;/h1-29,45H;1H;/q;;+1/p-1. The molecule has 0 fully saturated rings. The van der Waals surface area contributed by atoms with Crippen LogP contribution < -0.4 is 0 Å². The summed E-state index contributed by atoms with van der Waals surface area (Å²) in [7, 11) is 4.39. The van der Waals surface area contributed by atoms with Gasteiger partial charge in [0.05, 0.1) is 33.8 Å². The molecule has 6 heteroatoms. The van der Waals surface area contributed by atoms with Gasteiger partial charge in [0.25, 0.3) is 0 Å². The van der Waals surface area contributed by atoms with E-state index in [9.17, 15) is 0 Å². The molecule has 0 saturated heterocycles. The third kappa shape index (κ3) is 6.04. The number of nitrogens with one attached hydrogen (secondary N) is 1. The van der Waals surface area contributed by atoms with Gasteiger partial charge in [-0.1, -0.05) is 109 Å². The molecule has 2 aliphatic heterocycles. The zero-order valence-electron chi connectivity index (χ0n) is 26.8. The third-order valence-corrected chi connectivity index (χ3v) is 8.87. The van der Waals surface area contributed by atoms with Crippen LogP contribution in [-0.2, 0) is 15.1 Å². The van der Waals surface area contributed by atoms with Gasteiger partial charge in [-0.2, -0.15) is 0 Å².